The monoisotopic (exact) mass is 331 g/mol. The Balaban J connectivity index is 1.49. The Hall–Kier alpha value is -1.92. The maximum absolute atomic E-state index is 12.3. The zero-order valence-corrected chi connectivity index (χ0v) is 13.8. The Morgan fingerprint density at radius 3 is 2.78 bits per heavy atom. The fourth-order valence-corrected chi connectivity index (χ4v) is 3.80. The molecule has 2 heterocycles. The van der Waals surface area contributed by atoms with E-state index in [1.165, 1.54) is 10.1 Å². The van der Waals surface area contributed by atoms with Crippen molar-refractivity contribution in [1.82, 2.24) is 10.2 Å². The lowest BCUT2D eigenvalue weighted by Crippen LogP contribution is -2.43. The first-order valence-electron chi connectivity index (χ1n) is 7.86. The number of nitrogens with zero attached hydrogens (tertiary/aromatic N) is 1. The molecule has 5 nitrogen and oxygen atoms in total. The van der Waals surface area contributed by atoms with Gasteiger partial charge in [0.05, 0.1) is 6.54 Å². The van der Waals surface area contributed by atoms with Crippen molar-refractivity contribution >= 4 is 33.2 Å². The Kier molecular flexibility index (Phi) is 4.93. The lowest BCUT2D eigenvalue weighted by atomic mass is 9.96. The second kappa shape index (κ2) is 7.10. The predicted octanol–water partition coefficient (Wildman–Crippen LogP) is 1.71. The van der Waals surface area contributed by atoms with Gasteiger partial charge < -0.3 is 11.1 Å². The van der Waals surface area contributed by atoms with Gasteiger partial charge in [0.2, 0.25) is 11.8 Å². The molecular formula is C17H21N3O2S. The van der Waals surface area contributed by atoms with E-state index in [4.69, 9.17) is 5.73 Å². The summed E-state index contributed by atoms with van der Waals surface area (Å²) in [5.74, 6) is -0.171. The van der Waals surface area contributed by atoms with Gasteiger partial charge in [-0.15, -0.1) is 11.3 Å². The van der Waals surface area contributed by atoms with Gasteiger partial charge in [0.25, 0.3) is 0 Å². The van der Waals surface area contributed by atoms with Crippen LogP contribution in [0.4, 0.5) is 0 Å². The van der Waals surface area contributed by atoms with Crippen LogP contribution in [-0.2, 0) is 16.1 Å². The average molecular weight is 331 g/mol. The second-order valence-corrected chi connectivity index (χ2v) is 6.98. The number of carbonyl (C=O) groups is 2. The molecule has 1 fully saturated rings. The number of nitrogens with two attached hydrogens (primary N) is 1. The van der Waals surface area contributed by atoms with E-state index in [0.29, 0.717) is 6.54 Å². The molecular weight excluding hydrogens is 310 g/mol. The van der Waals surface area contributed by atoms with Gasteiger partial charge in [-0.1, -0.05) is 6.07 Å². The smallest absolute Gasteiger partial charge is 0.231 e. The topological polar surface area (TPSA) is 75.4 Å². The highest BCUT2D eigenvalue weighted by Gasteiger charge is 2.25. The van der Waals surface area contributed by atoms with Gasteiger partial charge in [-0.2, -0.15) is 0 Å². The van der Waals surface area contributed by atoms with Gasteiger partial charge in [0, 0.05) is 17.2 Å². The molecule has 0 aliphatic carbocycles. The first kappa shape index (κ1) is 16.0. The van der Waals surface area contributed by atoms with Crippen molar-refractivity contribution in [3.05, 3.63) is 35.2 Å². The third kappa shape index (κ3) is 4.09. The number of nitrogens with one attached hydrogen (secondary N) is 1. The van der Waals surface area contributed by atoms with Crippen LogP contribution in [-0.4, -0.2) is 36.3 Å². The molecule has 2 amide bonds. The zero-order chi connectivity index (χ0) is 16.2. The van der Waals surface area contributed by atoms with E-state index >= 15 is 0 Å². The van der Waals surface area contributed by atoms with Crippen molar-refractivity contribution in [1.29, 1.82) is 0 Å². The van der Waals surface area contributed by atoms with E-state index in [1.807, 2.05) is 4.90 Å². The van der Waals surface area contributed by atoms with Crippen LogP contribution < -0.4 is 11.1 Å². The summed E-state index contributed by atoms with van der Waals surface area (Å²) in [5.41, 5.74) is 6.32. The normalized spacial score (nSPS) is 16.5. The minimum atomic E-state index is -0.309. The summed E-state index contributed by atoms with van der Waals surface area (Å²) in [5, 5.41) is 6.34. The van der Waals surface area contributed by atoms with Gasteiger partial charge in [-0.25, -0.2) is 0 Å². The molecule has 1 aliphatic heterocycles. The quantitative estimate of drug-likeness (QED) is 0.876. The molecule has 1 aromatic heterocycles. The van der Waals surface area contributed by atoms with Crippen molar-refractivity contribution in [3.63, 3.8) is 0 Å². The molecule has 0 unspecified atom stereocenters. The summed E-state index contributed by atoms with van der Waals surface area (Å²) in [4.78, 5) is 25.2. The molecule has 23 heavy (non-hydrogen) atoms. The minimum absolute atomic E-state index is 0.0315. The SMILES string of the molecule is NC(=O)CN1CCC(C(=O)NCc2ccc3sccc3c2)CC1. The number of benzene rings is 1. The number of hydrogen-bond donors (Lipinski definition) is 2. The molecule has 1 saturated heterocycles. The predicted molar refractivity (Wildman–Crippen MR) is 92.0 cm³/mol. The van der Waals surface area contributed by atoms with Gasteiger partial charge >= 0.3 is 0 Å². The van der Waals surface area contributed by atoms with E-state index in [0.717, 1.165) is 31.5 Å². The van der Waals surface area contributed by atoms with Crippen LogP contribution in [0.15, 0.2) is 29.6 Å². The third-order valence-electron chi connectivity index (χ3n) is 4.32. The largest absolute Gasteiger partial charge is 0.369 e. The summed E-state index contributed by atoms with van der Waals surface area (Å²) in [6.45, 7) is 2.35. The van der Waals surface area contributed by atoms with Crippen molar-refractivity contribution in [2.45, 2.75) is 19.4 Å². The molecule has 0 bridgehead atoms. The number of carbonyl (C=O) groups excluding carboxylic acids is 2. The van der Waals surface area contributed by atoms with Crippen LogP contribution in [0.3, 0.4) is 0 Å². The zero-order valence-electron chi connectivity index (χ0n) is 13.0. The van der Waals surface area contributed by atoms with Crippen LogP contribution in [0, 0.1) is 5.92 Å². The van der Waals surface area contributed by atoms with Crippen molar-refractivity contribution in [2.75, 3.05) is 19.6 Å². The molecule has 1 aliphatic rings. The fraction of sp³-hybridized carbons (Fsp3) is 0.412. The Labute approximate surface area is 139 Å². The number of thiophene rings is 1. The third-order valence-corrected chi connectivity index (χ3v) is 5.22. The lowest BCUT2D eigenvalue weighted by Gasteiger charge is -2.30. The van der Waals surface area contributed by atoms with E-state index in [2.05, 4.69) is 35.0 Å². The van der Waals surface area contributed by atoms with Crippen LogP contribution in [0.25, 0.3) is 10.1 Å². The number of amides is 2. The Bertz CT molecular complexity index is 705. The Morgan fingerprint density at radius 2 is 2.04 bits per heavy atom. The molecule has 3 N–H and O–H groups in total. The maximum Gasteiger partial charge on any atom is 0.231 e. The Morgan fingerprint density at radius 1 is 1.26 bits per heavy atom. The van der Waals surface area contributed by atoms with E-state index in [1.54, 1.807) is 11.3 Å². The number of piperidine rings is 1. The van der Waals surface area contributed by atoms with Gasteiger partial charge in [0.15, 0.2) is 0 Å². The van der Waals surface area contributed by atoms with Crippen LogP contribution in [0.2, 0.25) is 0 Å². The van der Waals surface area contributed by atoms with Crippen molar-refractivity contribution < 1.29 is 9.59 Å². The van der Waals surface area contributed by atoms with Gasteiger partial charge in [0.1, 0.15) is 0 Å². The first-order chi connectivity index (χ1) is 11.1. The van der Waals surface area contributed by atoms with Crippen LogP contribution in [0.5, 0.6) is 0 Å². The molecule has 0 atom stereocenters. The van der Waals surface area contributed by atoms with Gasteiger partial charge in [-0.05, 0) is 60.5 Å². The summed E-state index contributed by atoms with van der Waals surface area (Å²) in [6.07, 6.45) is 1.56. The molecule has 0 saturated carbocycles. The van der Waals surface area contributed by atoms with Crippen LogP contribution in [0.1, 0.15) is 18.4 Å². The standard InChI is InChI=1S/C17H21N3O2S/c18-16(21)11-20-6-3-13(4-7-20)17(22)19-10-12-1-2-15-14(9-12)5-8-23-15/h1-2,5,8-9,13H,3-4,6-7,10-11H2,(H2,18,21)(H,19,22). The van der Waals surface area contributed by atoms with Crippen LogP contribution >= 0.6 is 11.3 Å². The van der Waals surface area contributed by atoms with E-state index in [-0.39, 0.29) is 24.3 Å². The second-order valence-electron chi connectivity index (χ2n) is 6.03. The number of hydrogen-bond acceptors (Lipinski definition) is 4. The molecule has 0 spiro atoms. The highest BCUT2D eigenvalue weighted by atomic mass is 32.1. The van der Waals surface area contributed by atoms with E-state index < -0.39 is 0 Å². The molecule has 2 aromatic rings. The molecule has 122 valence electrons. The average Bonchev–Trinajstić information content (AvgIpc) is 3.00. The number of primary amides is 1. The molecule has 6 heteroatoms. The highest BCUT2D eigenvalue weighted by molar-refractivity contribution is 7.17. The minimum Gasteiger partial charge on any atom is -0.369 e. The maximum atomic E-state index is 12.3. The number of likely N-dealkylation sites (tertiary alicyclic amines) is 1. The molecule has 0 radical (unpaired) electrons. The summed E-state index contributed by atoms with van der Waals surface area (Å²) in [7, 11) is 0. The van der Waals surface area contributed by atoms with E-state index in [9.17, 15) is 9.59 Å². The highest BCUT2D eigenvalue weighted by Crippen LogP contribution is 2.22. The first-order valence-corrected chi connectivity index (χ1v) is 8.74. The molecule has 1 aromatic carbocycles. The molecule has 3 rings (SSSR count). The van der Waals surface area contributed by atoms with Gasteiger partial charge in [-0.3, -0.25) is 14.5 Å². The number of fused-ring (bicyclic) bond motifs is 1. The van der Waals surface area contributed by atoms with Crippen molar-refractivity contribution in [3.8, 4) is 0 Å². The summed E-state index contributed by atoms with van der Waals surface area (Å²) in [6, 6.07) is 8.39. The summed E-state index contributed by atoms with van der Waals surface area (Å²) < 4.78 is 1.27. The lowest BCUT2D eigenvalue weighted by molar-refractivity contribution is -0.126. The number of rotatable bonds is 5. The fourth-order valence-electron chi connectivity index (χ4n) is 3.03. The summed E-state index contributed by atoms with van der Waals surface area (Å²) >= 11 is 1.72. The van der Waals surface area contributed by atoms with Crippen molar-refractivity contribution in [2.24, 2.45) is 11.7 Å².